The SMILES string of the molecule is Cc1cccc(-c2noc(C3CCCN3C(=O)Nc3ccc4c(c3)OCO4)n2)c1. The summed E-state index contributed by atoms with van der Waals surface area (Å²) < 4.78 is 16.2. The number of urea groups is 1. The molecule has 2 aliphatic rings. The molecule has 0 radical (unpaired) electrons. The van der Waals surface area contributed by atoms with Gasteiger partial charge < -0.3 is 24.2 Å². The lowest BCUT2D eigenvalue weighted by Crippen LogP contribution is -2.34. The molecule has 1 fully saturated rings. The lowest BCUT2D eigenvalue weighted by molar-refractivity contribution is 0.174. The number of aryl methyl sites for hydroxylation is 1. The summed E-state index contributed by atoms with van der Waals surface area (Å²) in [5.74, 6) is 2.30. The highest BCUT2D eigenvalue weighted by molar-refractivity contribution is 5.90. The minimum absolute atomic E-state index is 0.196. The van der Waals surface area contributed by atoms with Crippen LogP contribution in [0.4, 0.5) is 10.5 Å². The fraction of sp³-hybridized carbons (Fsp3) is 0.286. The van der Waals surface area contributed by atoms with Gasteiger partial charge in [-0.15, -0.1) is 0 Å². The van der Waals surface area contributed by atoms with Gasteiger partial charge in [-0.05, 0) is 38.0 Å². The van der Waals surface area contributed by atoms with Crippen LogP contribution in [-0.2, 0) is 0 Å². The lowest BCUT2D eigenvalue weighted by Gasteiger charge is -2.22. The highest BCUT2D eigenvalue weighted by atomic mass is 16.7. The highest BCUT2D eigenvalue weighted by Gasteiger charge is 2.34. The number of nitrogens with zero attached hydrogens (tertiary/aromatic N) is 3. The molecular weight excluding hydrogens is 372 g/mol. The number of ether oxygens (including phenoxy) is 2. The Morgan fingerprint density at radius 3 is 2.97 bits per heavy atom. The van der Waals surface area contributed by atoms with Gasteiger partial charge in [0, 0.05) is 23.9 Å². The van der Waals surface area contributed by atoms with E-state index in [2.05, 4.69) is 15.5 Å². The van der Waals surface area contributed by atoms with Crippen molar-refractivity contribution in [2.24, 2.45) is 0 Å². The molecule has 8 heteroatoms. The van der Waals surface area contributed by atoms with E-state index in [1.807, 2.05) is 31.2 Å². The van der Waals surface area contributed by atoms with Gasteiger partial charge >= 0.3 is 6.03 Å². The van der Waals surface area contributed by atoms with Crippen LogP contribution in [0.15, 0.2) is 47.0 Å². The van der Waals surface area contributed by atoms with E-state index >= 15 is 0 Å². The van der Waals surface area contributed by atoms with Gasteiger partial charge in [0.2, 0.25) is 18.5 Å². The third-order valence-corrected chi connectivity index (χ3v) is 5.14. The number of carbonyl (C=O) groups is 1. The average molecular weight is 392 g/mol. The number of amides is 2. The summed E-state index contributed by atoms with van der Waals surface area (Å²) in [6, 6.07) is 12.8. The van der Waals surface area contributed by atoms with Gasteiger partial charge in [-0.25, -0.2) is 4.79 Å². The van der Waals surface area contributed by atoms with Crippen molar-refractivity contribution in [3.63, 3.8) is 0 Å². The second-order valence-corrected chi connectivity index (χ2v) is 7.18. The summed E-state index contributed by atoms with van der Waals surface area (Å²) in [6.07, 6.45) is 1.66. The molecule has 1 unspecified atom stereocenters. The van der Waals surface area contributed by atoms with Crippen molar-refractivity contribution in [3.8, 4) is 22.9 Å². The molecule has 0 bridgehead atoms. The van der Waals surface area contributed by atoms with Crippen molar-refractivity contribution < 1.29 is 18.8 Å². The predicted molar refractivity (Wildman–Crippen MR) is 105 cm³/mol. The van der Waals surface area contributed by atoms with E-state index in [9.17, 15) is 4.79 Å². The first-order chi connectivity index (χ1) is 14.2. The van der Waals surface area contributed by atoms with Gasteiger partial charge in [-0.2, -0.15) is 4.98 Å². The van der Waals surface area contributed by atoms with Crippen molar-refractivity contribution in [2.45, 2.75) is 25.8 Å². The van der Waals surface area contributed by atoms with Gasteiger partial charge in [0.05, 0.1) is 0 Å². The normalized spacial score (nSPS) is 17.6. The Labute approximate surface area is 167 Å². The number of hydrogen-bond acceptors (Lipinski definition) is 6. The number of rotatable bonds is 3. The number of nitrogens with one attached hydrogen (secondary N) is 1. The summed E-state index contributed by atoms with van der Waals surface area (Å²) in [5.41, 5.74) is 2.67. The van der Waals surface area contributed by atoms with E-state index in [1.54, 1.807) is 23.1 Å². The van der Waals surface area contributed by atoms with Gasteiger partial charge in [-0.3, -0.25) is 0 Å². The van der Waals surface area contributed by atoms with Crippen LogP contribution in [0.5, 0.6) is 11.5 Å². The summed E-state index contributed by atoms with van der Waals surface area (Å²) in [7, 11) is 0. The second-order valence-electron chi connectivity index (χ2n) is 7.18. The van der Waals surface area contributed by atoms with Crippen LogP contribution < -0.4 is 14.8 Å². The van der Waals surface area contributed by atoms with Crippen LogP contribution >= 0.6 is 0 Å². The molecule has 3 heterocycles. The van der Waals surface area contributed by atoms with E-state index in [0.717, 1.165) is 24.0 Å². The minimum atomic E-state index is -0.241. The molecule has 0 spiro atoms. The second kappa shape index (κ2) is 7.12. The summed E-state index contributed by atoms with van der Waals surface area (Å²) in [6.45, 7) is 2.84. The molecule has 2 aliphatic heterocycles. The maximum atomic E-state index is 12.9. The third kappa shape index (κ3) is 3.37. The van der Waals surface area contributed by atoms with E-state index in [-0.39, 0.29) is 18.9 Å². The Kier molecular flexibility index (Phi) is 4.31. The molecular formula is C21H20N4O4. The van der Waals surface area contributed by atoms with Crippen LogP contribution in [0.2, 0.25) is 0 Å². The number of benzene rings is 2. The summed E-state index contributed by atoms with van der Waals surface area (Å²) in [5, 5.41) is 7.04. The fourth-order valence-electron chi connectivity index (χ4n) is 3.71. The minimum Gasteiger partial charge on any atom is -0.454 e. The number of hydrogen-bond donors (Lipinski definition) is 1. The Balaban J connectivity index is 1.33. The van der Waals surface area contributed by atoms with Gasteiger partial charge in [-0.1, -0.05) is 28.9 Å². The zero-order valence-electron chi connectivity index (χ0n) is 15.9. The first kappa shape index (κ1) is 17.5. The standard InChI is InChI=1S/C21H20N4O4/c1-13-4-2-5-14(10-13)19-23-20(29-24-19)16-6-3-9-25(16)21(26)22-15-7-8-17-18(11-15)28-12-27-17/h2,4-5,7-8,10-11,16H,3,6,9,12H2,1H3,(H,22,26). The number of fused-ring (bicyclic) bond motifs is 1. The van der Waals surface area contributed by atoms with Crippen molar-refractivity contribution >= 4 is 11.7 Å². The molecule has 1 aromatic heterocycles. The number of carbonyl (C=O) groups excluding carboxylic acids is 1. The molecule has 148 valence electrons. The monoisotopic (exact) mass is 392 g/mol. The van der Waals surface area contributed by atoms with Crippen LogP contribution in [0.25, 0.3) is 11.4 Å². The third-order valence-electron chi connectivity index (χ3n) is 5.14. The van der Waals surface area contributed by atoms with Gasteiger partial charge in [0.1, 0.15) is 6.04 Å². The van der Waals surface area contributed by atoms with Crippen LogP contribution in [0.3, 0.4) is 0 Å². The maximum absolute atomic E-state index is 12.9. The molecule has 5 rings (SSSR count). The van der Waals surface area contributed by atoms with Crippen molar-refractivity contribution in [3.05, 3.63) is 53.9 Å². The van der Waals surface area contributed by atoms with Crippen molar-refractivity contribution in [2.75, 3.05) is 18.7 Å². The summed E-state index contributed by atoms with van der Waals surface area (Å²) >= 11 is 0. The van der Waals surface area contributed by atoms with E-state index < -0.39 is 0 Å². The van der Waals surface area contributed by atoms with E-state index in [4.69, 9.17) is 14.0 Å². The molecule has 0 aliphatic carbocycles. The van der Waals surface area contributed by atoms with Crippen LogP contribution in [-0.4, -0.2) is 34.4 Å². The molecule has 1 atom stereocenters. The van der Waals surface area contributed by atoms with Crippen LogP contribution in [0.1, 0.15) is 30.3 Å². The van der Waals surface area contributed by atoms with Gasteiger partial charge in [0.15, 0.2) is 11.5 Å². The zero-order chi connectivity index (χ0) is 19.8. The number of likely N-dealkylation sites (tertiary alicyclic amines) is 1. The largest absolute Gasteiger partial charge is 0.454 e. The highest BCUT2D eigenvalue weighted by Crippen LogP contribution is 2.36. The quantitative estimate of drug-likeness (QED) is 0.720. The van der Waals surface area contributed by atoms with Crippen molar-refractivity contribution in [1.82, 2.24) is 15.0 Å². The number of anilines is 1. The predicted octanol–water partition coefficient (Wildman–Crippen LogP) is 4.14. The van der Waals surface area contributed by atoms with Crippen LogP contribution in [0, 0.1) is 6.92 Å². The first-order valence-corrected chi connectivity index (χ1v) is 9.55. The molecule has 1 N–H and O–H groups in total. The van der Waals surface area contributed by atoms with Crippen molar-refractivity contribution in [1.29, 1.82) is 0 Å². The Hall–Kier alpha value is -3.55. The fourth-order valence-corrected chi connectivity index (χ4v) is 3.71. The Morgan fingerprint density at radius 2 is 2.07 bits per heavy atom. The topological polar surface area (TPSA) is 89.7 Å². The number of aromatic nitrogens is 2. The summed E-state index contributed by atoms with van der Waals surface area (Å²) in [4.78, 5) is 19.2. The molecule has 3 aromatic rings. The molecule has 8 nitrogen and oxygen atoms in total. The smallest absolute Gasteiger partial charge is 0.322 e. The molecule has 29 heavy (non-hydrogen) atoms. The van der Waals surface area contributed by atoms with E-state index in [1.165, 1.54) is 0 Å². The average Bonchev–Trinajstić information content (AvgIpc) is 3.46. The molecule has 1 saturated heterocycles. The van der Waals surface area contributed by atoms with E-state index in [0.29, 0.717) is 35.4 Å². The Bertz CT molecular complexity index is 1060. The zero-order valence-corrected chi connectivity index (χ0v) is 15.9. The molecule has 0 saturated carbocycles. The van der Waals surface area contributed by atoms with Gasteiger partial charge in [0.25, 0.3) is 0 Å². The maximum Gasteiger partial charge on any atom is 0.322 e. The first-order valence-electron chi connectivity index (χ1n) is 9.55. The lowest BCUT2D eigenvalue weighted by atomic mass is 10.1. The molecule has 2 aromatic carbocycles. The Morgan fingerprint density at radius 1 is 1.17 bits per heavy atom. The molecule has 2 amide bonds.